The van der Waals surface area contributed by atoms with Gasteiger partial charge in [-0.1, -0.05) is 79.7 Å². The summed E-state index contributed by atoms with van der Waals surface area (Å²) in [6.45, 7) is 20.1. The summed E-state index contributed by atoms with van der Waals surface area (Å²) in [7, 11) is 0. The summed E-state index contributed by atoms with van der Waals surface area (Å²) in [4.78, 5) is 83.7. The molecule has 12 nitrogen and oxygen atoms in total. The highest BCUT2D eigenvalue weighted by molar-refractivity contribution is 6.38. The van der Waals surface area contributed by atoms with E-state index < -0.39 is 64.5 Å². The van der Waals surface area contributed by atoms with E-state index in [0.717, 1.165) is 5.56 Å². The Bertz CT molecular complexity index is 1600. The summed E-state index contributed by atoms with van der Waals surface area (Å²) >= 11 is 0. The molecule has 6 atom stereocenters. The van der Waals surface area contributed by atoms with Crippen molar-refractivity contribution in [2.24, 2.45) is 28.1 Å². The first-order valence-electron chi connectivity index (χ1n) is 17.2. The van der Waals surface area contributed by atoms with E-state index in [-0.39, 0.29) is 42.7 Å². The van der Waals surface area contributed by atoms with E-state index in [2.05, 4.69) is 33.8 Å². The standard InChI is InChI=1S/C38H52N6O6/c1-11-15-25(29(45)32(47)39-18-12-2)40-31(46)28-27-24(38(27,9)10)20-44(28)34(49)30(37(6,7)8)42-35(50)41-26(36(3,4)5)21-43-19-22-16-13-14-17-23(22)33(43)48/h1,12-14,16-17,24-28,30H,2,15,18-21H2,3-10H3,(H,39,47)(H,40,46)(H2,41,42,50)/t24-,25?,26+,27-,28-,30+/m0/s1. The van der Waals surface area contributed by atoms with Crippen LogP contribution in [0.1, 0.15) is 77.7 Å². The van der Waals surface area contributed by atoms with Gasteiger partial charge in [-0.2, -0.15) is 0 Å². The van der Waals surface area contributed by atoms with Crippen LogP contribution in [0.25, 0.3) is 0 Å². The van der Waals surface area contributed by atoms with Crippen molar-refractivity contribution in [3.63, 3.8) is 0 Å². The van der Waals surface area contributed by atoms with E-state index in [1.165, 1.54) is 11.0 Å². The summed E-state index contributed by atoms with van der Waals surface area (Å²) in [5, 5.41) is 11.0. The zero-order valence-corrected chi connectivity index (χ0v) is 30.5. The molecule has 270 valence electrons. The number of urea groups is 1. The highest BCUT2D eigenvalue weighted by Gasteiger charge is 2.70. The van der Waals surface area contributed by atoms with E-state index in [9.17, 15) is 28.8 Å². The molecule has 0 bridgehead atoms. The van der Waals surface area contributed by atoms with Crippen molar-refractivity contribution in [3.8, 4) is 12.3 Å². The molecule has 4 rings (SSSR count). The molecular weight excluding hydrogens is 636 g/mol. The third-order valence-electron chi connectivity index (χ3n) is 10.4. The molecule has 1 aliphatic carbocycles. The van der Waals surface area contributed by atoms with Gasteiger partial charge in [-0.25, -0.2) is 4.79 Å². The fourth-order valence-corrected chi connectivity index (χ4v) is 7.17. The van der Waals surface area contributed by atoms with Crippen molar-refractivity contribution in [1.29, 1.82) is 0 Å². The van der Waals surface area contributed by atoms with Crippen LogP contribution in [0.5, 0.6) is 0 Å². The van der Waals surface area contributed by atoms with Crippen molar-refractivity contribution in [2.75, 3.05) is 19.6 Å². The number of carbonyl (C=O) groups is 6. The lowest BCUT2D eigenvalue weighted by atomic mass is 9.85. The average molecular weight is 689 g/mol. The summed E-state index contributed by atoms with van der Waals surface area (Å²) in [6.07, 6.45) is 6.70. The Labute approximate surface area is 295 Å². The number of benzene rings is 1. The van der Waals surface area contributed by atoms with Gasteiger partial charge >= 0.3 is 6.03 Å². The predicted octanol–water partition coefficient (Wildman–Crippen LogP) is 2.63. The Hall–Kier alpha value is -4.66. The number of nitrogens with zero attached hydrogens (tertiary/aromatic N) is 2. The first kappa shape index (κ1) is 38.1. The van der Waals surface area contributed by atoms with E-state index in [1.54, 1.807) is 11.0 Å². The molecule has 6 amide bonds. The normalized spacial score (nSPS) is 22.2. The van der Waals surface area contributed by atoms with Crippen LogP contribution in [0, 0.1) is 40.4 Å². The van der Waals surface area contributed by atoms with Gasteiger partial charge in [0.1, 0.15) is 18.1 Å². The minimum absolute atomic E-state index is 0.0294. The zero-order chi connectivity index (χ0) is 37.3. The number of hydrogen-bond donors (Lipinski definition) is 4. The molecule has 1 saturated heterocycles. The van der Waals surface area contributed by atoms with Crippen molar-refractivity contribution < 1.29 is 28.8 Å². The minimum atomic E-state index is -1.28. The Morgan fingerprint density at radius 2 is 1.70 bits per heavy atom. The summed E-state index contributed by atoms with van der Waals surface area (Å²) in [5.41, 5.74) is 0.157. The minimum Gasteiger partial charge on any atom is -0.346 e. The van der Waals surface area contributed by atoms with Gasteiger partial charge in [0.15, 0.2) is 0 Å². The number of ketones is 1. The number of fused-ring (bicyclic) bond motifs is 2. The molecule has 2 heterocycles. The van der Waals surface area contributed by atoms with Gasteiger partial charge in [-0.15, -0.1) is 18.9 Å². The SMILES string of the molecule is C#CCC(NC(=O)[C@@H]1[C@@H]2[C@H](CN1C(=O)[C@@H](NC(=O)N[C@H](CN1Cc3ccccc3C1=O)C(C)(C)C)C(C)(C)C)C2(C)C)C(=O)C(=O)NCC=C. The van der Waals surface area contributed by atoms with Gasteiger partial charge < -0.3 is 31.1 Å². The van der Waals surface area contributed by atoms with Crippen LogP contribution >= 0.6 is 0 Å². The molecule has 12 heteroatoms. The number of hydrogen-bond acceptors (Lipinski definition) is 6. The molecule has 1 aromatic carbocycles. The lowest BCUT2D eigenvalue weighted by Gasteiger charge is -2.39. The topological polar surface area (TPSA) is 157 Å². The van der Waals surface area contributed by atoms with Gasteiger partial charge in [0.25, 0.3) is 11.8 Å². The average Bonchev–Trinajstić information content (AvgIpc) is 3.31. The monoisotopic (exact) mass is 688 g/mol. The highest BCUT2D eigenvalue weighted by atomic mass is 16.2. The van der Waals surface area contributed by atoms with Crippen LogP contribution in [0.3, 0.4) is 0 Å². The van der Waals surface area contributed by atoms with Crippen molar-refractivity contribution in [2.45, 2.75) is 92.5 Å². The number of rotatable bonds is 12. The number of Topliss-reactive ketones (excluding diaryl/α,β-unsaturated/α-hetero) is 1. The molecule has 4 N–H and O–H groups in total. The van der Waals surface area contributed by atoms with Gasteiger partial charge in [0, 0.05) is 38.2 Å². The summed E-state index contributed by atoms with van der Waals surface area (Å²) in [5.74, 6) is -0.707. The quantitative estimate of drug-likeness (QED) is 0.150. The predicted molar refractivity (Wildman–Crippen MR) is 189 cm³/mol. The molecule has 2 fully saturated rings. The second-order valence-electron chi connectivity index (χ2n) is 16.4. The molecule has 1 aromatic rings. The number of piperidine rings is 1. The van der Waals surface area contributed by atoms with Crippen LogP contribution < -0.4 is 21.3 Å². The van der Waals surface area contributed by atoms with Gasteiger partial charge in [0.2, 0.25) is 17.6 Å². The first-order chi connectivity index (χ1) is 23.2. The molecular formula is C38H52N6O6. The third-order valence-corrected chi connectivity index (χ3v) is 10.4. The fourth-order valence-electron chi connectivity index (χ4n) is 7.17. The van der Waals surface area contributed by atoms with Crippen LogP contribution in [-0.2, 0) is 25.7 Å². The maximum atomic E-state index is 14.4. The summed E-state index contributed by atoms with van der Waals surface area (Å²) in [6, 6.07) is 3.18. The Morgan fingerprint density at radius 1 is 1.04 bits per heavy atom. The molecule has 0 radical (unpaired) electrons. The van der Waals surface area contributed by atoms with E-state index >= 15 is 0 Å². The smallest absolute Gasteiger partial charge is 0.315 e. The second-order valence-corrected chi connectivity index (χ2v) is 16.4. The highest BCUT2D eigenvalue weighted by Crippen LogP contribution is 2.65. The second kappa shape index (κ2) is 14.3. The number of terminal acetylenes is 1. The lowest BCUT2D eigenvalue weighted by Crippen LogP contribution is -2.62. The first-order valence-corrected chi connectivity index (χ1v) is 17.2. The Kier molecular flexibility index (Phi) is 10.9. The largest absolute Gasteiger partial charge is 0.346 e. The molecule has 0 aromatic heterocycles. The van der Waals surface area contributed by atoms with Crippen LogP contribution in [0.2, 0.25) is 0 Å². The molecule has 3 aliphatic rings. The number of nitrogens with one attached hydrogen (secondary N) is 4. The maximum Gasteiger partial charge on any atom is 0.315 e. The van der Waals surface area contributed by atoms with Crippen molar-refractivity contribution >= 4 is 35.4 Å². The van der Waals surface area contributed by atoms with E-state index in [1.807, 2.05) is 73.6 Å². The van der Waals surface area contributed by atoms with Gasteiger partial charge in [-0.05, 0) is 39.7 Å². The van der Waals surface area contributed by atoms with E-state index in [0.29, 0.717) is 18.7 Å². The summed E-state index contributed by atoms with van der Waals surface area (Å²) < 4.78 is 0. The molecule has 50 heavy (non-hydrogen) atoms. The molecule has 1 unspecified atom stereocenters. The zero-order valence-electron chi connectivity index (χ0n) is 30.5. The van der Waals surface area contributed by atoms with Crippen LogP contribution in [-0.4, -0.2) is 89.0 Å². The Balaban J connectivity index is 1.51. The molecule has 2 aliphatic heterocycles. The Morgan fingerprint density at radius 3 is 2.28 bits per heavy atom. The lowest BCUT2D eigenvalue weighted by molar-refractivity contribution is -0.145. The maximum absolute atomic E-state index is 14.4. The van der Waals surface area contributed by atoms with E-state index in [4.69, 9.17) is 6.42 Å². The fraction of sp³-hybridized carbons (Fsp3) is 0.579. The van der Waals surface area contributed by atoms with Crippen LogP contribution in [0.15, 0.2) is 36.9 Å². The van der Waals surface area contributed by atoms with Gasteiger partial charge in [-0.3, -0.25) is 24.0 Å². The molecule has 1 saturated carbocycles. The number of likely N-dealkylation sites (tertiary alicyclic amines) is 1. The molecule has 0 spiro atoms. The van der Waals surface area contributed by atoms with Gasteiger partial charge in [0.05, 0.1) is 6.04 Å². The van der Waals surface area contributed by atoms with Crippen molar-refractivity contribution in [1.82, 2.24) is 31.1 Å². The third kappa shape index (κ3) is 7.87. The number of carbonyl (C=O) groups excluding carboxylic acids is 6. The van der Waals surface area contributed by atoms with Crippen LogP contribution in [0.4, 0.5) is 4.79 Å². The van der Waals surface area contributed by atoms with Crippen molar-refractivity contribution in [3.05, 3.63) is 48.0 Å². The number of amides is 6.